The van der Waals surface area contributed by atoms with Gasteiger partial charge in [-0.1, -0.05) is 42.1 Å². The average molecular weight is 547 g/mol. The Morgan fingerprint density at radius 1 is 1.21 bits per heavy atom. The van der Waals surface area contributed by atoms with Crippen LogP contribution in [0.25, 0.3) is 11.3 Å². The molecule has 202 valence electrons. The van der Waals surface area contributed by atoms with E-state index in [-0.39, 0.29) is 29.7 Å². The Labute approximate surface area is 223 Å². The lowest BCUT2D eigenvalue weighted by Crippen LogP contribution is -2.32. The molecule has 0 saturated carbocycles. The van der Waals surface area contributed by atoms with Crippen molar-refractivity contribution in [3.05, 3.63) is 70.8 Å². The van der Waals surface area contributed by atoms with Gasteiger partial charge in [0.1, 0.15) is 17.4 Å². The molecule has 4 rings (SSSR count). The SMILES string of the molecule is Cc1c(-c2ccc(C(F)(F)F)cc2O)nnc(S[C@@H]2CCCNC2)c1CN(C)C(=O)OCc1ccccc1. The molecule has 1 fully saturated rings. The average Bonchev–Trinajstić information content (AvgIpc) is 2.90. The number of nitrogens with one attached hydrogen (secondary N) is 1. The van der Waals surface area contributed by atoms with Crippen molar-refractivity contribution in [2.45, 2.75) is 49.4 Å². The Kier molecular flexibility index (Phi) is 8.78. The Balaban J connectivity index is 1.62. The predicted molar refractivity (Wildman–Crippen MR) is 139 cm³/mol. The molecule has 1 saturated heterocycles. The fraction of sp³-hybridized carbons (Fsp3) is 0.370. The molecule has 1 aliphatic rings. The maximum absolute atomic E-state index is 13.1. The largest absolute Gasteiger partial charge is 0.507 e. The van der Waals surface area contributed by atoms with E-state index < -0.39 is 23.6 Å². The quantitative estimate of drug-likeness (QED) is 0.388. The molecule has 1 aliphatic heterocycles. The predicted octanol–water partition coefficient (Wildman–Crippen LogP) is 5.79. The molecule has 11 heteroatoms. The summed E-state index contributed by atoms with van der Waals surface area (Å²) in [4.78, 5) is 14.2. The summed E-state index contributed by atoms with van der Waals surface area (Å²) in [7, 11) is 1.61. The Morgan fingerprint density at radius 3 is 2.63 bits per heavy atom. The number of phenolic OH excluding ortho intramolecular Hbond substituents is 1. The lowest BCUT2D eigenvalue weighted by Gasteiger charge is -2.25. The van der Waals surface area contributed by atoms with Crippen LogP contribution in [0, 0.1) is 6.92 Å². The zero-order valence-corrected chi connectivity index (χ0v) is 21.9. The maximum atomic E-state index is 13.1. The van der Waals surface area contributed by atoms with E-state index in [2.05, 4.69) is 15.5 Å². The second-order valence-corrected chi connectivity index (χ2v) is 10.5. The Bertz CT molecular complexity index is 1270. The summed E-state index contributed by atoms with van der Waals surface area (Å²) in [5, 5.41) is 23.4. The van der Waals surface area contributed by atoms with E-state index in [1.165, 1.54) is 11.0 Å². The molecular weight excluding hydrogens is 517 g/mol. The zero-order chi connectivity index (χ0) is 27.3. The highest BCUT2D eigenvalue weighted by atomic mass is 32.2. The van der Waals surface area contributed by atoms with Gasteiger partial charge in [-0.2, -0.15) is 13.2 Å². The van der Waals surface area contributed by atoms with E-state index in [0.717, 1.165) is 37.6 Å². The number of carbonyl (C=O) groups is 1. The van der Waals surface area contributed by atoms with Crippen LogP contribution in [0.15, 0.2) is 53.6 Å². The lowest BCUT2D eigenvalue weighted by molar-refractivity contribution is -0.137. The van der Waals surface area contributed by atoms with E-state index in [9.17, 15) is 23.1 Å². The van der Waals surface area contributed by atoms with Gasteiger partial charge in [0, 0.05) is 30.0 Å². The molecule has 2 aromatic carbocycles. The van der Waals surface area contributed by atoms with Crippen LogP contribution in [0.1, 0.15) is 35.1 Å². The van der Waals surface area contributed by atoms with Crippen LogP contribution in [0.3, 0.4) is 0 Å². The summed E-state index contributed by atoms with van der Waals surface area (Å²) in [5.41, 5.74) is 1.60. The van der Waals surface area contributed by atoms with Gasteiger partial charge in [0.05, 0.1) is 17.8 Å². The van der Waals surface area contributed by atoms with Crippen molar-refractivity contribution in [1.29, 1.82) is 0 Å². The number of aromatic nitrogens is 2. The first-order valence-electron chi connectivity index (χ1n) is 12.2. The third-order valence-electron chi connectivity index (χ3n) is 6.33. The molecule has 0 aliphatic carbocycles. The van der Waals surface area contributed by atoms with Gasteiger partial charge in [0.25, 0.3) is 0 Å². The fourth-order valence-electron chi connectivity index (χ4n) is 4.19. The van der Waals surface area contributed by atoms with E-state index in [0.29, 0.717) is 22.2 Å². The van der Waals surface area contributed by atoms with Crippen LogP contribution >= 0.6 is 11.8 Å². The number of nitrogens with zero attached hydrogens (tertiary/aromatic N) is 3. The zero-order valence-electron chi connectivity index (χ0n) is 21.1. The van der Waals surface area contributed by atoms with Crippen molar-refractivity contribution in [2.75, 3.05) is 20.1 Å². The topological polar surface area (TPSA) is 87.6 Å². The molecule has 2 heterocycles. The van der Waals surface area contributed by atoms with Crippen molar-refractivity contribution >= 4 is 17.9 Å². The number of piperidine rings is 1. The van der Waals surface area contributed by atoms with Crippen molar-refractivity contribution in [3.8, 4) is 17.0 Å². The minimum Gasteiger partial charge on any atom is -0.507 e. The molecule has 0 unspecified atom stereocenters. The molecule has 0 bridgehead atoms. The van der Waals surface area contributed by atoms with E-state index >= 15 is 0 Å². The van der Waals surface area contributed by atoms with Crippen LogP contribution in [-0.4, -0.2) is 51.7 Å². The number of ether oxygens (including phenoxy) is 1. The van der Waals surface area contributed by atoms with Crippen LogP contribution in [0.5, 0.6) is 5.75 Å². The van der Waals surface area contributed by atoms with Gasteiger partial charge >= 0.3 is 12.3 Å². The number of thioether (sulfide) groups is 1. The molecule has 38 heavy (non-hydrogen) atoms. The van der Waals surface area contributed by atoms with Crippen molar-refractivity contribution < 1.29 is 27.8 Å². The van der Waals surface area contributed by atoms with Gasteiger partial charge in [-0.05, 0) is 55.6 Å². The number of carbonyl (C=O) groups excluding carboxylic acids is 1. The molecule has 1 atom stereocenters. The first-order valence-corrected chi connectivity index (χ1v) is 13.1. The highest BCUT2D eigenvalue weighted by Gasteiger charge is 2.32. The summed E-state index contributed by atoms with van der Waals surface area (Å²) >= 11 is 1.56. The van der Waals surface area contributed by atoms with Gasteiger partial charge in [0.2, 0.25) is 0 Å². The Morgan fingerprint density at radius 2 is 1.97 bits per heavy atom. The lowest BCUT2D eigenvalue weighted by atomic mass is 10.0. The van der Waals surface area contributed by atoms with Crippen molar-refractivity contribution in [2.24, 2.45) is 0 Å². The van der Waals surface area contributed by atoms with Crippen LogP contribution in [0.4, 0.5) is 18.0 Å². The number of amides is 1. The number of benzene rings is 2. The number of hydrogen-bond donors (Lipinski definition) is 2. The van der Waals surface area contributed by atoms with E-state index in [1.54, 1.807) is 25.7 Å². The van der Waals surface area contributed by atoms with Crippen LogP contribution in [0.2, 0.25) is 0 Å². The van der Waals surface area contributed by atoms with Crippen molar-refractivity contribution in [1.82, 2.24) is 20.4 Å². The number of alkyl halides is 3. The van der Waals surface area contributed by atoms with Gasteiger partial charge in [-0.3, -0.25) is 0 Å². The standard InChI is InChI=1S/C27H29F3N4O3S/c1-17-22(15-34(2)26(36)37-16-18-7-4-3-5-8-18)25(38-20-9-6-12-31-14-20)33-32-24(17)21-11-10-19(13-23(21)35)27(28,29)30/h3-5,7-8,10-11,13,20,31,35H,6,9,12,14-16H2,1-2H3/t20-/m1/s1. The second-order valence-electron chi connectivity index (χ2n) is 9.17. The minimum absolute atomic E-state index is 0.123. The highest BCUT2D eigenvalue weighted by molar-refractivity contribution is 7.99. The van der Waals surface area contributed by atoms with Crippen molar-refractivity contribution in [3.63, 3.8) is 0 Å². The minimum atomic E-state index is -4.58. The molecule has 0 radical (unpaired) electrons. The van der Waals surface area contributed by atoms with Crippen LogP contribution in [-0.2, 0) is 24.1 Å². The Hall–Kier alpha value is -3.31. The number of phenols is 1. The molecule has 1 amide bonds. The molecule has 0 spiro atoms. The first kappa shape index (κ1) is 27.7. The number of hydrogen-bond acceptors (Lipinski definition) is 7. The van der Waals surface area contributed by atoms with E-state index in [4.69, 9.17) is 4.74 Å². The van der Waals surface area contributed by atoms with Gasteiger partial charge in [0.15, 0.2) is 0 Å². The summed E-state index contributed by atoms with van der Waals surface area (Å²) in [6.07, 6.45) is -3.09. The summed E-state index contributed by atoms with van der Waals surface area (Å²) in [5.74, 6) is -0.546. The smallest absolute Gasteiger partial charge is 0.416 e. The second kappa shape index (κ2) is 12.0. The third kappa shape index (κ3) is 6.76. The summed E-state index contributed by atoms with van der Waals surface area (Å²) in [6.45, 7) is 3.80. The number of aromatic hydroxyl groups is 1. The normalized spacial score (nSPS) is 15.8. The van der Waals surface area contributed by atoms with Gasteiger partial charge in [-0.15, -0.1) is 10.2 Å². The fourth-order valence-corrected chi connectivity index (χ4v) is 5.44. The molecule has 7 nitrogen and oxygen atoms in total. The number of rotatable bonds is 7. The highest BCUT2D eigenvalue weighted by Crippen LogP contribution is 2.39. The first-order chi connectivity index (χ1) is 18.1. The molecule has 1 aromatic heterocycles. The summed E-state index contributed by atoms with van der Waals surface area (Å²) in [6, 6.07) is 12.1. The maximum Gasteiger partial charge on any atom is 0.416 e. The van der Waals surface area contributed by atoms with Gasteiger partial charge in [-0.25, -0.2) is 4.79 Å². The van der Waals surface area contributed by atoms with Gasteiger partial charge < -0.3 is 20.1 Å². The van der Waals surface area contributed by atoms with E-state index in [1.807, 2.05) is 30.3 Å². The monoisotopic (exact) mass is 546 g/mol. The molecule has 2 N–H and O–H groups in total. The third-order valence-corrected chi connectivity index (χ3v) is 7.62. The van der Waals surface area contributed by atoms with Crippen LogP contribution < -0.4 is 5.32 Å². The molecular formula is C27H29F3N4O3S. The number of halogens is 3. The molecule has 3 aromatic rings. The summed E-state index contributed by atoms with van der Waals surface area (Å²) < 4.78 is 44.8.